The molecular weight excluding hydrogens is 250 g/mol. The van der Waals surface area contributed by atoms with Crippen molar-refractivity contribution in [2.24, 2.45) is 0 Å². The maximum absolute atomic E-state index is 11.8. The highest BCUT2D eigenvalue weighted by Gasteiger charge is 2.39. The van der Waals surface area contributed by atoms with Crippen LogP contribution in [0.4, 0.5) is 0 Å². The van der Waals surface area contributed by atoms with Crippen molar-refractivity contribution in [2.75, 3.05) is 0 Å². The van der Waals surface area contributed by atoms with Crippen LogP contribution in [0.1, 0.15) is 23.5 Å². The largest absolute Gasteiger partial charge is 0.286 e. The summed E-state index contributed by atoms with van der Waals surface area (Å²) in [6.45, 7) is 0. The van der Waals surface area contributed by atoms with Crippen LogP contribution in [0.3, 0.4) is 0 Å². The smallest absolute Gasteiger partial charge is 0.246 e. The lowest BCUT2D eigenvalue weighted by atomic mass is 9.88. The monoisotopic (exact) mass is 267 g/mol. The molecule has 102 valence electrons. The highest BCUT2D eigenvalue weighted by Crippen LogP contribution is 2.35. The van der Waals surface area contributed by atoms with Gasteiger partial charge in [-0.2, -0.15) is 0 Å². The Morgan fingerprint density at radius 2 is 1.60 bits per heavy atom. The first-order valence-corrected chi connectivity index (χ1v) is 6.85. The quantitative estimate of drug-likeness (QED) is 0.868. The molecule has 0 unspecified atom stereocenters. The Hall–Kier alpha value is -2.13. The Labute approximate surface area is 118 Å². The fraction of sp³-hybridized carbons (Fsp3) is 0.235. The van der Waals surface area contributed by atoms with Gasteiger partial charge in [-0.15, -0.1) is 0 Å². The van der Waals surface area contributed by atoms with Crippen molar-refractivity contribution in [2.45, 2.75) is 24.8 Å². The normalized spacial score (nSPS) is 22.2. The Morgan fingerprint density at radius 3 is 2.25 bits per heavy atom. The van der Waals surface area contributed by atoms with Crippen molar-refractivity contribution in [3.05, 3.63) is 71.8 Å². The number of hydrogen-bond donors (Lipinski definition) is 1. The maximum atomic E-state index is 11.8. The van der Waals surface area contributed by atoms with Crippen LogP contribution in [0.2, 0.25) is 0 Å². The third-order valence-corrected chi connectivity index (χ3v) is 3.94. The summed E-state index contributed by atoms with van der Waals surface area (Å²) in [5.41, 5.74) is 2.24. The number of rotatable bonds is 3. The fourth-order valence-corrected chi connectivity index (χ4v) is 2.90. The molecule has 20 heavy (non-hydrogen) atoms. The zero-order chi connectivity index (χ0) is 13.9. The topological polar surface area (TPSA) is 40.5 Å². The second-order valence-corrected chi connectivity index (χ2v) is 5.22. The highest BCUT2D eigenvalue weighted by molar-refractivity contribution is 5.79. The Bertz CT molecular complexity index is 582. The highest BCUT2D eigenvalue weighted by atomic mass is 16.5. The molecule has 0 aliphatic carbocycles. The van der Waals surface area contributed by atoms with Crippen molar-refractivity contribution in [3.8, 4) is 0 Å². The number of hydroxylamine groups is 2. The van der Waals surface area contributed by atoms with Gasteiger partial charge in [0.25, 0.3) is 0 Å². The van der Waals surface area contributed by atoms with E-state index < -0.39 is 0 Å². The van der Waals surface area contributed by atoms with E-state index in [4.69, 9.17) is 0 Å². The summed E-state index contributed by atoms with van der Waals surface area (Å²) in [6.07, 6.45) is 1.04. The van der Waals surface area contributed by atoms with Gasteiger partial charge in [0.2, 0.25) is 5.91 Å². The van der Waals surface area contributed by atoms with E-state index in [9.17, 15) is 10.0 Å². The number of benzene rings is 2. The van der Waals surface area contributed by atoms with Gasteiger partial charge >= 0.3 is 0 Å². The number of carbonyl (C=O) groups excluding carboxylic acids is 1. The molecule has 1 aliphatic heterocycles. The van der Waals surface area contributed by atoms with Gasteiger partial charge in [-0.3, -0.25) is 10.0 Å². The van der Waals surface area contributed by atoms with Crippen LogP contribution in [0.25, 0.3) is 0 Å². The van der Waals surface area contributed by atoms with Gasteiger partial charge < -0.3 is 0 Å². The molecule has 3 heteroatoms. The molecule has 0 radical (unpaired) electrons. The van der Waals surface area contributed by atoms with Crippen molar-refractivity contribution >= 4 is 5.91 Å². The van der Waals surface area contributed by atoms with E-state index in [0.717, 1.165) is 16.2 Å². The van der Waals surface area contributed by atoms with Gasteiger partial charge in [0.05, 0.1) is 6.04 Å². The molecule has 2 aromatic rings. The molecule has 0 bridgehead atoms. The molecule has 3 nitrogen and oxygen atoms in total. The predicted octanol–water partition coefficient (Wildman–Crippen LogP) is 3.00. The first-order chi connectivity index (χ1) is 9.75. The van der Waals surface area contributed by atoms with Gasteiger partial charge in [-0.25, -0.2) is 5.06 Å². The molecule has 1 N–H and O–H groups in total. The van der Waals surface area contributed by atoms with Crippen LogP contribution in [0.15, 0.2) is 60.7 Å². The van der Waals surface area contributed by atoms with E-state index in [1.54, 1.807) is 0 Å². The molecule has 2 aromatic carbocycles. The minimum absolute atomic E-state index is 0.0499. The summed E-state index contributed by atoms with van der Waals surface area (Å²) in [5, 5.41) is 11.0. The second-order valence-electron chi connectivity index (χ2n) is 5.22. The molecule has 0 saturated carbocycles. The summed E-state index contributed by atoms with van der Waals surface area (Å²) in [7, 11) is 0. The van der Waals surface area contributed by atoms with Crippen LogP contribution in [0, 0.1) is 0 Å². The lowest BCUT2D eigenvalue weighted by Gasteiger charge is -2.23. The van der Waals surface area contributed by atoms with Gasteiger partial charge in [0.15, 0.2) is 0 Å². The summed E-state index contributed by atoms with van der Waals surface area (Å²) < 4.78 is 0. The second kappa shape index (κ2) is 5.47. The van der Waals surface area contributed by atoms with E-state index >= 15 is 0 Å². The standard InChI is InChI=1S/C17H17NO2/c19-17-12-15(14-9-5-2-6-10-14)16(18(17)20)11-13-7-3-1-4-8-13/h1-10,15-16,20H,11-12H2/t15-,16+/m1/s1. The minimum Gasteiger partial charge on any atom is -0.286 e. The van der Waals surface area contributed by atoms with Crippen molar-refractivity contribution in [3.63, 3.8) is 0 Å². The molecule has 1 heterocycles. The summed E-state index contributed by atoms with van der Waals surface area (Å²) >= 11 is 0. The van der Waals surface area contributed by atoms with E-state index in [1.807, 2.05) is 60.7 Å². The summed E-state index contributed by atoms with van der Waals surface area (Å²) in [5.74, 6) is -0.145. The third-order valence-electron chi connectivity index (χ3n) is 3.94. The average molecular weight is 267 g/mol. The lowest BCUT2D eigenvalue weighted by molar-refractivity contribution is -0.165. The van der Waals surface area contributed by atoms with Gasteiger partial charge in [0, 0.05) is 12.3 Å². The van der Waals surface area contributed by atoms with Crippen LogP contribution in [-0.2, 0) is 11.2 Å². The Morgan fingerprint density at radius 1 is 1.00 bits per heavy atom. The minimum atomic E-state index is -0.195. The van der Waals surface area contributed by atoms with Crippen LogP contribution < -0.4 is 0 Å². The lowest BCUT2D eigenvalue weighted by Crippen LogP contribution is -2.33. The molecule has 0 aromatic heterocycles. The van der Waals surface area contributed by atoms with Crippen LogP contribution in [0.5, 0.6) is 0 Å². The van der Waals surface area contributed by atoms with Gasteiger partial charge in [-0.05, 0) is 17.5 Å². The number of nitrogens with zero attached hydrogens (tertiary/aromatic N) is 1. The SMILES string of the molecule is O=C1C[C@H](c2ccccc2)[C@H](Cc2ccccc2)N1O. The molecular formula is C17H17NO2. The van der Waals surface area contributed by atoms with Crippen molar-refractivity contribution in [1.82, 2.24) is 5.06 Å². The molecule has 1 fully saturated rings. The van der Waals surface area contributed by atoms with Gasteiger partial charge in [0.1, 0.15) is 0 Å². The molecule has 3 rings (SSSR count). The van der Waals surface area contributed by atoms with Crippen LogP contribution >= 0.6 is 0 Å². The van der Waals surface area contributed by atoms with Gasteiger partial charge in [-0.1, -0.05) is 60.7 Å². The van der Waals surface area contributed by atoms with Crippen LogP contribution in [-0.4, -0.2) is 22.2 Å². The van der Waals surface area contributed by atoms with Crippen molar-refractivity contribution < 1.29 is 10.0 Å². The number of carbonyl (C=O) groups is 1. The van der Waals surface area contributed by atoms with E-state index in [-0.39, 0.29) is 17.9 Å². The first kappa shape index (κ1) is 12.9. The number of hydrogen-bond acceptors (Lipinski definition) is 2. The average Bonchev–Trinajstić information content (AvgIpc) is 2.78. The third kappa shape index (κ3) is 2.45. The van der Waals surface area contributed by atoms with Crippen molar-refractivity contribution in [1.29, 1.82) is 0 Å². The molecule has 1 amide bonds. The molecule has 0 spiro atoms. The fourth-order valence-electron chi connectivity index (χ4n) is 2.90. The molecule has 2 atom stereocenters. The Kier molecular flexibility index (Phi) is 3.52. The predicted molar refractivity (Wildman–Crippen MR) is 76.4 cm³/mol. The van der Waals surface area contributed by atoms with E-state index in [0.29, 0.717) is 12.8 Å². The van der Waals surface area contributed by atoms with E-state index in [2.05, 4.69) is 0 Å². The summed E-state index contributed by atoms with van der Waals surface area (Å²) in [6, 6.07) is 19.7. The molecule has 1 aliphatic rings. The van der Waals surface area contributed by atoms with E-state index in [1.165, 1.54) is 0 Å². The summed E-state index contributed by atoms with van der Waals surface area (Å²) in [4.78, 5) is 11.8. The zero-order valence-corrected chi connectivity index (χ0v) is 11.1. The Balaban J connectivity index is 1.87. The first-order valence-electron chi connectivity index (χ1n) is 6.85. The number of amides is 1. The zero-order valence-electron chi connectivity index (χ0n) is 11.1. The maximum Gasteiger partial charge on any atom is 0.246 e. The molecule has 1 saturated heterocycles.